The van der Waals surface area contributed by atoms with Crippen LogP contribution in [-0.4, -0.2) is 28.9 Å². The van der Waals surface area contributed by atoms with Gasteiger partial charge in [0.15, 0.2) is 6.61 Å². The fraction of sp³-hybridized carbons (Fsp3) is 0.250. The molecule has 1 aliphatic rings. The average molecular weight is 363 g/mol. The lowest BCUT2D eigenvalue weighted by Crippen LogP contribution is -2.34. The molecule has 2 aromatic carbocycles. The normalized spacial score (nSPS) is 16.6. The van der Waals surface area contributed by atoms with Crippen molar-refractivity contribution in [1.29, 1.82) is 5.26 Å². The molecule has 0 N–H and O–H groups in total. The van der Waals surface area contributed by atoms with Gasteiger partial charge in [-0.05, 0) is 37.1 Å². The molecular weight excluding hydrogens is 346 g/mol. The highest BCUT2D eigenvalue weighted by Gasteiger charge is 2.32. The van der Waals surface area contributed by atoms with Crippen LogP contribution in [0, 0.1) is 11.3 Å². The first-order valence-electron chi connectivity index (χ1n) is 8.53. The maximum atomic E-state index is 12.7. The standard InChI is InChI=1S/C20H17N3O2S/c21-12-14-6-1-3-9-17(14)25-13-19(24)23-11-5-8-16(23)20-22-15-7-2-4-10-18(15)26-20/h1-4,6-7,9-10,16H,5,8,11,13H2/t16-/m0/s1. The molecule has 1 atom stereocenters. The summed E-state index contributed by atoms with van der Waals surface area (Å²) >= 11 is 1.65. The summed E-state index contributed by atoms with van der Waals surface area (Å²) in [4.78, 5) is 19.3. The second-order valence-electron chi connectivity index (χ2n) is 6.16. The zero-order valence-electron chi connectivity index (χ0n) is 14.1. The summed E-state index contributed by atoms with van der Waals surface area (Å²) in [7, 11) is 0. The number of benzene rings is 2. The summed E-state index contributed by atoms with van der Waals surface area (Å²) in [5.74, 6) is 0.374. The maximum absolute atomic E-state index is 12.7. The largest absolute Gasteiger partial charge is 0.482 e. The van der Waals surface area contributed by atoms with E-state index < -0.39 is 0 Å². The highest BCUT2D eigenvalue weighted by atomic mass is 32.1. The number of nitriles is 1. The van der Waals surface area contributed by atoms with E-state index in [4.69, 9.17) is 15.0 Å². The molecule has 4 rings (SSSR count). The molecule has 2 heterocycles. The fourth-order valence-corrected chi connectivity index (χ4v) is 4.38. The maximum Gasteiger partial charge on any atom is 0.261 e. The van der Waals surface area contributed by atoms with E-state index in [1.807, 2.05) is 23.1 Å². The number of carbonyl (C=O) groups excluding carboxylic acids is 1. The number of ether oxygens (including phenoxy) is 1. The number of hydrogen-bond acceptors (Lipinski definition) is 5. The van der Waals surface area contributed by atoms with Gasteiger partial charge in [0.25, 0.3) is 5.91 Å². The molecule has 0 bridgehead atoms. The van der Waals surface area contributed by atoms with Crippen molar-refractivity contribution < 1.29 is 9.53 Å². The molecule has 0 unspecified atom stereocenters. The van der Waals surface area contributed by atoms with Crippen molar-refractivity contribution in [3.8, 4) is 11.8 Å². The number of aromatic nitrogens is 1. The van der Waals surface area contributed by atoms with Crippen LogP contribution in [0.1, 0.15) is 29.5 Å². The third-order valence-electron chi connectivity index (χ3n) is 4.53. The number of rotatable bonds is 4. The third-order valence-corrected chi connectivity index (χ3v) is 5.66. The molecule has 3 aromatic rings. The van der Waals surface area contributed by atoms with Crippen molar-refractivity contribution in [2.75, 3.05) is 13.2 Å². The van der Waals surface area contributed by atoms with Crippen LogP contribution in [0.15, 0.2) is 48.5 Å². The lowest BCUT2D eigenvalue weighted by atomic mass is 10.2. The molecule has 0 spiro atoms. The Hall–Kier alpha value is -2.91. The number of para-hydroxylation sites is 2. The van der Waals surface area contributed by atoms with Crippen LogP contribution < -0.4 is 4.74 Å². The zero-order valence-corrected chi connectivity index (χ0v) is 14.9. The summed E-state index contributed by atoms with van der Waals surface area (Å²) in [5, 5.41) is 10.1. The summed E-state index contributed by atoms with van der Waals surface area (Å²) in [5.41, 5.74) is 1.41. The smallest absolute Gasteiger partial charge is 0.261 e. The Balaban J connectivity index is 1.49. The first kappa shape index (κ1) is 16.6. The molecular formula is C20H17N3O2S. The lowest BCUT2D eigenvalue weighted by Gasteiger charge is -2.23. The SMILES string of the molecule is N#Cc1ccccc1OCC(=O)N1CCC[C@H]1c1nc2ccccc2s1. The molecule has 5 nitrogen and oxygen atoms in total. The zero-order chi connectivity index (χ0) is 17.9. The molecule has 1 saturated heterocycles. The van der Waals surface area contributed by atoms with Crippen molar-refractivity contribution in [2.45, 2.75) is 18.9 Å². The number of fused-ring (bicyclic) bond motifs is 1. The van der Waals surface area contributed by atoms with E-state index in [-0.39, 0.29) is 18.6 Å². The van der Waals surface area contributed by atoms with Crippen molar-refractivity contribution in [3.63, 3.8) is 0 Å². The van der Waals surface area contributed by atoms with Crippen LogP contribution in [0.2, 0.25) is 0 Å². The van der Waals surface area contributed by atoms with Gasteiger partial charge in [-0.2, -0.15) is 5.26 Å². The van der Waals surface area contributed by atoms with Gasteiger partial charge in [0.2, 0.25) is 0 Å². The quantitative estimate of drug-likeness (QED) is 0.705. The number of nitrogens with zero attached hydrogens (tertiary/aromatic N) is 3. The monoisotopic (exact) mass is 363 g/mol. The Bertz CT molecular complexity index is 959. The Morgan fingerprint density at radius 1 is 1.27 bits per heavy atom. The van der Waals surface area contributed by atoms with E-state index in [9.17, 15) is 4.79 Å². The molecule has 0 saturated carbocycles. The molecule has 1 aromatic heterocycles. The first-order chi connectivity index (χ1) is 12.8. The Labute approximate surface area is 155 Å². The molecule has 130 valence electrons. The van der Waals surface area contributed by atoms with Crippen LogP contribution in [0.25, 0.3) is 10.2 Å². The van der Waals surface area contributed by atoms with Gasteiger partial charge in [-0.1, -0.05) is 24.3 Å². The van der Waals surface area contributed by atoms with E-state index in [1.165, 1.54) is 0 Å². The van der Waals surface area contributed by atoms with E-state index in [0.29, 0.717) is 17.9 Å². The van der Waals surface area contributed by atoms with Gasteiger partial charge >= 0.3 is 0 Å². The van der Waals surface area contributed by atoms with Gasteiger partial charge in [0, 0.05) is 6.54 Å². The van der Waals surface area contributed by atoms with E-state index in [1.54, 1.807) is 35.6 Å². The third kappa shape index (κ3) is 3.14. The number of hydrogen-bond donors (Lipinski definition) is 0. The Kier molecular flexibility index (Phi) is 4.55. The highest BCUT2D eigenvalue weighted by Crippen LogP contribution is 2.36. The van der Waals surface area contributed by atoms with Gasteiger partial charge in [-0.25, -0.2) is 4.98 Å². The Morgan fingerprint density at radius 2 is 2.08 bits per heavy atom. The van der Waals surface area contributed by atoms with Crippen molar-refractivity contribution >= 4 is 27.5 Å². The van der Waals surface area contributed by atoms with Gasteiger partial charge in [0.1, 0.15) is 16.8 Å². The minimum absolute atomic E-state index is 0.00899. The topological polar surface area (TPSA) is 66.2 Å². The summed E-state index contributed by atoms with van der Waals surface area (Å²) < 4.78 is 6.75. The predicted octanol–water partition coefficient (Wildman–Crippen LogP) is 3.91. The first-order valence-corrected chi connectivity index (χ1v) is 9.35. The summed E-state index contributed by atoms with van der Waals surface area (Å²) in [6, 6.07) is 17.1. The lowest BCUT2D eigenvalue weighted by molar-refractivity contribution is -0.134. The molecule has 1 aliphatic heterocycles. The molecule has 0 aliphatic carbocycles. The van der Waals surface area contributed by atoms with Crippen LogP contribution in [0.5, 0.6) is 5.75 Å². The number of thiazole rings is 1. The minimum atomic E-state index is -0.0699. The number of amides is 1. The van der Waals surface area contributed by atoms with Gasteiger partial charge in [0.05, 0.1) is 21.8 Å². The van der Waals surface area contributed by atoms with Crippen LogP contribution >= 0.6 is 11.3 Å². The van der Waals surface area contributed by atoms with E-state index in [0.717, 1.165) is 28.1 Å². The Morgan fingerprint density at radius 3 is 2.92 bits per heavy atom. The molecule has 1 fully saturated rings. The summed E-state index contributed by atoms with van der Waals surface area (Å²) in [6.45, 7) is 0.642. The number of likely N-dealkylation sites (tertiary alicyclic amines) is 1. The van der Waals surface area contributed by atoms with Crippen molar-refractivity contribution in [2.24, 2.45) is 0 Å². The van der Waals surface area contributed by atoms with Crippen molar-refractivity contribution in [3.05, 3.63) is 59.1 Å². The minimum Gasteiger partial charge on any atom is -0.482 e. The van der Waals surface area contributed by atoms with Crippen LogP contribution in [0.3, 0.4) is 0 Å². The summed E-state index contributed by atoms with van der Waals surface area (Å²) in [6.07, 6.45) is 1.88. The molecule has 1 amide bonds. The average Bonchev–Trinajstić information content (AvgIpc) is 3.32. The molecule has 26 heavy (non-hydrogen) atoms. The van der Waals surface area contributed by atoms with Gasteiger partial charge in [-0.3, -0.25) is 4.79 Å². The highest BCUT2D eigenvalue weighted by molar-refractivity contribution is 7.18. The second kappa shape index (κ2) is 7.14. The van der Waals surface area contributed by atoms with Gasteiger partial charge in [-0.15, -0.1) is 11.3 Å². The fourth-order valence-electron chi connectivity index (χ4n) is 3.26. The van der Waals surface area contributed by atoms with Crippen molar-refractivity contribution in [1.82, 2.24) is 9.88 Å². The molecule has 0 radical (unpaired) electrons. The van der Waals surface area contributed by atoms with E-state index >= 15 is 0 Å². The molecule has 6 heteroatoms. The number of carbonyl (C=O) groups is 1. The predicted molar refractivity (Wildman–Crippen MR) is 100.0 cm³/mol. The van der Waals surface area contributed by atoms with Crippen LogP contribution in [0.4, 0.5) is 0 Å². The van der Waals surface area contributed by atoms with E-state index in [2.05, 4.69) is 12.1 Å². The van der Waals surface area contributed by atoms with Gasteiger partial charge < -0.3 is 9.64 Å². The van der Waals surface area contributed by atoms with Crippen LogP contribution in [-0.2, 0) is 4.79 Å². The second-order valence-corrected chi connectivity index (χ2v) is 7.22.